The molecule has 1 aliphatic rings. The molecule has 3 N–H and O–H groups in total. The molecule has 0 saturated carbocycles. The van der Waals surface area contributed by atoms with Gasteiger partial charge in [-0.05, 0) is 55.5 Å². The number of amides is 1. The molecule has 1 aromatic heterocycles. The van der Waals surface area contributed by atoms with Crippen LogP contribution in [0.2, 0.25) is 0 Å². The lowest BCUT2D eigenvalue weighted by molar-refractivity contribution is -0.127. The number of carbonyl (C=O) groups is 1. The first kappa shape index (κ1) is 23.8. The second-order valence-electron chi connectivity index (χ2n) is 8.53. The van der Waals surface area contributed by atoms with Crippen molar-refractivity contribution in [1.29, 1.82) is 5.26 Å². The molecule has 2 heterocycles. The molecule has 1 fully saturated rings. The van der Waals surface area contributed by atoms with Crippen molar-refractivity contribution in [3.63, 3.8) is 0 Å². The van der Waals surface area contributed by atoms with Crippen molar-refractivity contribution < 1.29 is 9.53 Å². The van der Waals surface area contributed by atoms with Crippen molar-refractivity contribution in [2.75, 3.05) is 30.7 Å². The largest absolute Gasteiger partial charge is 0.457 e. The topological polar surface area (TPSA) is 117 Å². The predicted molar refractivity (Wildman–Crippen MR) is 136 cm³/mol. The molecule has 1 amide bonds. The minimum absolute atomic E-state index is 0.0154. The highest BCUT2D eigenvalue weighted by Gasteiger charge is 2.24. The monoisotopic (exact) mass is 468 g/mol. The molecule has 8 heteroatoms. The van der Waals surface area contributed by atoms with E-state index < -0.39 is 0 Å². The van der Waals surface area contributed by atoms with Crippen molar-refractivity contribution in [2.24, 2.45) is 5.92 Å². The Bertz CT molecular complexity index is 1240. The Morgan fingerprint density at radius 3 is 2.46 bits per heavy atom. The number of nitriles is 1. The standard InChI is InChI=1S/C27H28N6O2/c1-18(16-28)27(34)33-14-12-20(13-15-33)17-30-26-24(25(29)31-19(2)32-26)21-8-10-23(11-9-21)35-22-6-4-3-5-7-22/h3-11,20H,1,12-15,17H2,2H3,(H3,29,30,31,32). The number of piperidine rings is 1. The van der Waals surface area contributed by atoms with Crippen molar-refractivity contribution in [3.05, 3.63) is 72.6 Å². The highest BCUT2D eigenvalue weighted by molar-refractivity contribution is 5.96. The van der Waals surface area contributed by atoms with Gasteiger partial charge in [-0.2, -0.15) is 5.26 Å². The first-order valence-electron chi connectivity index (χ1n) is 11.5. The minimum Gasteiger partial charge on any atom is -0.457 e. The summed E-state index contributed by atoms with van der Waals surface area (Å²) in [6.07, 6.45) is 1.66. The molecule has 0 bridgehead atoms. The summed E-state index contributed by atoms with van der Waals surface area (Å²) in [5, 5.41) is 12.4. The van der Waals surface area contributed by atoms with Crippen LogP contribution in [0.5, 0.6) is 11.5 Å². The van der Waals surface area contributed by atoms with Crippen LogP contribution >= 0.6 is 0 Å². The van der Waals surface area contributed by atoms with E-state index in [-0.39, 0.29) is 11.5 Å². The highest BCUT2D eigenvalue weighted by atomic mass is 16.5. The molecule has 0 unspecified atom stereocenters. The first-order chi connectivity index (χ1) is 16.9. The number of benzene rings is 2. The maximum absolute atomic E-state index is 12.2. The van der Waals surface area contributed by atoms with Gasteiger partial charge in [-0.3, -0.25) is 4.79 Å². The molecule has 0 spiro atoms. The van der Waals surface area contributed by atoms with E-state index in [1.54, 1.807) is 4.90 Å². The molecule has 2 aromatic carbocycles. The van der Waals surface area contributed by atoms with Crippen molar-refractivity contribution >= 4 is 17.5 Å². The number of nitrogens with zero attached hydrogens (tertiary/aromatic N) is 4. The van der Waals surface area contributed by atoms with Gasteiger partial charge in [0.2, 0.25) is 0 Å². The number of carbonyl (C=O) groups excluding carboxylic acids is 1. The third-order valence-corrected chi connectivity index (χ3v) is 6.02. The van der Waals surface area contributed by atoms with Crippen LogP contribution in [0.3, 0.4) is 0 Å². The summed E-state index contributed by atoms with van der Waals surface area (Å²) in [5.74, 6) is 3.26. The molecule has 1 aliphatic heterocycles. The van der Waals surface area contributed by atoms with Gasteiger partial charge < -0.3 is 20.7 Å². The molecule has 0 radical (unpaired) electrons. The fourth-order valence-electron chi connectivity index (χ4n) is 4.14. The van der Waals surface area contributed by atoms with Crippen molar-refractivity contribution in [2.45, 2.75) is 19.8 Å². The maximum Gasteiger partial charge on any atom is 0.263 e. The zero-order valence-corrected chi connectivity index (χ0v) is 19.7. The summed E-state index contributed by atoms with van der Waals surface area (Å²) in [6.45, 7) is 7.24. The second kappa shape index (κ2) is 10.7. The lowest BCUT2D eigenvalue weighted by Crippen LogP contribution is -2.40. The quantitative estimate of drug-likeness (QED) is 0.386. The Morgan fingerprint density at radius 1 is 1.14 bits per heavy atom. The van der Waals surface area contributed by atoms with Crippen LogP contribution in [0, 0.1) is 24.2 Å². The smallest absolute Gasteiger partial charge is 0.263 e. The minimum atomic E-state index is -0.278. The number of aryl methyl sites for hydroxylation is 1. The number of aromatic nitrogens is 2. The molecule has 8 nitrogen and oxygen atoms in total. The van der Waals surface area contributed by atoms with Gasteiger partial charge in [-0.1, -0.05) is 36.9 Å². The molecule has 4 rings (SSSR count). The third-order valence-electron chi connectivity index (χ3n) is 6.02. The van der Waals surface area contributed by atoms with Gasteiger partial charge in [0.25, 0.3) is 5.91 Å². The summed E-state index contributed by atoms with van der Waals surface area (Å²) in [5.41, 5.74) is 7.94. The number of hydrogen-bond acceptors (Lipinski definition) is 7. The molecular formula is C27H28N6O2. The molecule has 0 atom stereocenters. The van der Waals surface area contributed by atoms with Crippen LogP contribution in [-0.4, -0.2) is 40.4 Å². The summed E-state index contributed by atoms with van der Waals surface area (Å²) < 4.78 is 5.89. The Kier molecular flexibility index (Phi) is 7.27. The Labute approximate surface area is 205 Å². The number of hydrogen-bond donors (Lipinski definition) is 2. The first-order valence-corrected chi connectivity index (χ1v) is 11.5. The predicted octanol–water partition coefficient (Wildman–Crippen LogP) is 4.56. The lowest BCUT2D eigenvalue weighted by Gasteiger charge is -2.32. The summed E-state index contributed by atoms with van der Waals surface area (Å²) in [4.78, 5) is 22.8. The van der Waals surface area contributed by atoms with E-state index in [0.29, 0.717) is 43.0 Å². The van der Waals surface area contributed by atoms with Crippen LogP contribution in [0.1, 0.15) is 18.7 Å². The zero-order chi connectivity index (χ0) is 24.8. The van der Waals surface area contributed by atoms with E-state index in [1.165, 1.54) is 0 Å². The lowest BCUT2D eigenvalue weighted by atomic mass is 9.96. The van der Waals surface area contributed by atoms with E-state index in [2.05, 4.69) is 21.9 Å². The van der Waals surface area contributed by atoms with Gasteiger partial charge in [0, 0.05) is 19.6 Å². The van der Waals surface area contributed by atoms with E-state index in [1.807, 2.05) is 67.6 Å². The molecule has 3 aromatic rings. The van der Waals surface area contributed by atoms with E-state index in [9.17, 15) is 4.79 Å². The number of rotatable bonds is 7. The molecule has 35 heavy (non-hydrogen) atoms. The van der Waals surface area contributed by atoms with Crippen LogP contribution in [-0.2, 0) is 4.79 Å². The number of nitrogens with two attached hydrogens (primary N) is 1. The third kappa shape index (κ3) is 5.76. The molecule has 1 saturated heterocycles. The SMILES string of the molecule is C=C(C#N)C(=O)N1CCC(CNc2nc(C)nc(N)c2-c2ccc(Oc3ccccc3)cc2)CC1. The van der Waals surface area contributed by atoms with Gasteiger partial charge in [0.1, 0.15) is 40.6 Å². The van der Waals surface area contributed by atoms with E-state index >= 15 is 0 Å². The molecule has 178 valence electrons. The van der Waals surface area contributed by atoms with Crippen molar-refractivity contribution in [1.82, 2.24) is 14.9 Å². The average molecular weight is 469 g/mol. The number of nitrogens with one attached hydrogen (secondary N) is 1. The van der Waals surface area contributed by atoms with Crippen LogP contribution in [0.4, 0.5) is 11.6 Å². The fraction of sp³-hybridized carbons (Fsp3) is 0.259. The van der Waals surface area contributed by atoms with Crippen molar-refractivity contribution in [3.8, 4) is 28.7 Å². The van der Waals surface area contributed by atoms with Gasteiger partial charge in [0.15, 0.2) is 0 Å². The van der Waals surface area contributed by atoms with Gasteiger partial charge in [-0.25, -0.2) is 9.97 Å². The number of para-hydroxylation sites is 1. The Hall–Kier alpha value is -4.38. The fourth-order valence-corrected chi connectivity index (χ4v) is 4.14. The molecule has 0 aliphatic carbocycles. The van der Waals surface area contributed by atoms with Gasteiger partial charge >= 0.3 is 0 Å². The van der Waals surface area contributed by atoms with E-state index in [0.717, 1.165) is 35.5 Å². The number of likely N-dealkylation sites (tertiary alicyclic amines) is 1. The summed E-state index contributed by atoms with van der Waals surface area (Å²) in [6, 6.07) is 19.1. The average Bonchev–Trinajstić information content (AvgIpc) is 2.88. The normalized spacial score (nSPS) is 13.7. The van der Waals surface area contributed by atoms with Crippen LogP contribution in [0.15, 0.2) is 66.7 Å². The Balaban J connectivity index is 1.44. The Morgan fingerprint density at radius 2 is 1.80 bits per heavy atom. The highest BCUT2D eigenvalue weighted by Crippen LogP contribution is 2.33. The zero-order valence-electron chi connectivity index (χ0n) is 19.7. The van der Waals surface area contributed by atoms with E-state index in [4.69, 9.17) is 15.7 Å². The summed E-state index contributed by atoms with van der Waals surface area (Å²) >= 11 is 0. The summed E-state index contributed by atoms with van der Waals surface area (Å²) in [7, 11) is 0. The number of ether oxygens (including phenoxy) is 1. The molecular weight excluding hydrogens is 440 g/mol. The maximum atomic E-state index is 12.2. The van der Waals surface area contributed by atoms with Crippen LogP contribution < -0.4 is 15.8 Å². The van der Waals surface area contributed by atoms with Gasteiger partial charge in [-0.15, -0.1) is 0 Å². The van der Waals surface area contributed by atoms with Gasteiger partial charge in [0.05, 0.1) is 5.56 Å². The number of nitrogen functional groups attached to an aromatic ring is 1. The van der Waals surface area contributed by atoms with Crippen LogP contribution in [0.25, 0.3) is 11.1 Å². The number of anilines is 2. The second-order valence-corrected chi connectivity index (χ2v) is 8.53.